The molecular weight excluding hydrogens is 329 g/mol. The number of hydrogen-bond acceptors (Lipinski definition) is 1. The minimum absolute atomic E-state index is 0.264. The molecule has 0 saturated heterocycles. The third-order valence-corrected chi connectivity index (χ3v) is 5.50. The molecule has 0 amide bonds. The number of hydrogen-bond donors (Lipinski definition) is 0. The molecular formula is C20H9F3S. The van der Waals surface area contributed by atoms with Gasteiger partial charge in [0.15, 0.2) is 11.6 Å². The van der Waals surface area contributed by atoms with Gasteiger partial charge in [-0.1, -0.05) is 6.07 Å². The Morgan fingerprint density at radius 2 is 1.08 bits per heavy atom. The summed E-state index contributed by atoms with van der Waals surface area (Å²) in [6.07, 6.45) is 0. The van der Waals surface area contributed by atoms with Crippen LogP contribution < -0.4 is 0 Å². The zero-order chi connectivity index (χ0) is 16.4. The van der Waals surface area contributed by atoms with Gasteiger partial charge in [-0.25, -0.2) is 13.2 Å². The quantitative estimate of drug-likeness (QED) is 0.292. The van der Waals surface area contributed by atoms with Gasteiger partial charge >= 0.3 is 0 Å². The predicted octanol–water partition coefficient (Wildman–Crippen LogP) is 6.78. The van der Waals surface area contributed by atoms with E-state index in [0.717, 1.165) is 30.9 Å². The number of rotatable bonds is 0. The Kier molecular flexibility index (Phi) is 2.71. The van der Waals surface area contributed by atoms with E-state index in [2.05, 4.69) is 0 Å². The predicted molar refractivity (Wildman–Crippen MR) is 94.2 cm³/mol. The second-order valence-electron chi connectivity index (χ2n) is 5.90. The van der Waals surface area contributed by atoms with E-state index in [1.54, 1.807) is 17.4 Å². The van der Waals surface area contributed by atoms with Gasteiger partial charge < -0.3 is 0 Å². The summed E-state index contributed by atoms with van der Waals surface area (Å²) < 4.78 is 42.5. The van der Waals surface area contributed by atoms with Gasteiger partial charge in [-0.3, -0.25) is 0 Å². The van der Waals surface area contributed by atoms with Gasteiger partial charge in [-0.05, 0) is 70.1 Å². The molecule has 0 aliphatic carbocycles. The van der Waals surface area contributed by atoms with Crippen LogP contribution in [-0.4, -0.2) is 0 Å². The molecule has 1 heterocycles. The van der Waals surface area contributed by atoms with Crippen LogP contribution in [0.1, 0.15) is 0 Å². The van der Waals surface area contributed by atoms with Crippen molar-refractivity contribution in [1.29, 1.82) is 0 Å². The van der Waals surface area contributed by atoms with Crippen LogP contribution >= 0.6 is 11.3 Å². The molecule has 0 bridgehead atoms. The van der Waals surface area contributed by atoms with Crippen LogP contribution in [0, 0.1) is 17.5 Å². The maximum Gasteiger partial charge on any atom is 0.159 e. The molecule has 0 aliphatic rings. The summed E-state index contributed by atoms with van der Waals surface area (Å²) in [4.78, 5) is 0. The van der Waals surface area contributed by atoms with Gasteiger partial charge in [-0.2, -0.15) is 0 Å². The van der Waals surface area contributed by atoms with Crippen molar-refractivity contribution < 1.29 is 13.2 Å². The first-order chi connectivity index (χ1) is 11.6. The summed E-state index contributed by atoms with van der Waals surface area (Å²) in [7, 11) is 0. The molecule has 0 saturated carbocycles. The highest BCUT2D eigenvalue weighted by Gasteiger charge is 2.11. The maximum absolute atomic E-state index is 13.5. The lowest BCUT2D eigenvalue weighted by Crippen LogP contribution is -1.83. The van der Waals surface area contributed by atoms with Crippen molar-refractivity contribution in [1.82, 2.24) is 0 Å². The SMILES string of the molecule is Fc1ccc2cc3c(cc2c1)sc1cc2cc(F)c(F)cc2cc13. The highest BCUT2D eigenvalue weighted by molar-refractivity contribution is 7.26. The fourth-order valence-corrected chi connectivity index (χ4v) is 4.40. The molecule has 4 aromatic carbocycles. The molecule has 0 radical (unpaired) electrons. The van der Waals surface area contributed by atoms with Gasteiger partial charge in [0.1, 0.15) is 5.82 Å². The van der Waals surface area contributed by atoms with Crippen LogP contribution in [0.25, 0.3) is 41.7 Å². The third-order valence-electron chi connectivity index (χ3n) is 4.39. The maximum atomic E-state index is 13.5. The summed E-state index contributed by atoms with van der Waals surface area (Å²) in [5.74, 6) is -1.95. The lowest BCUT2D eigenvalue weighted by molar-refractivity contribution is 0.511. The first-order valence-corrected chi connectivity index (χ1v) is 8.24. The van der Waals surface area contributed by atoms with Crippen molar-refractivity contribution >= 4 is 53.1 Å². The topological polar surface area (TPSA) is 0 Å². The van der Waals surface area contributed by atoms with Crippen molar-refractivity contribution in [2.45, 2.75) is 0 Å². The van der Waals surface area contributed by atoms with E-state index < -0.39 is 11.6 Å². The van der Waals surface area contributed by atoms with E-state index in [9.17, 15) is 13.2 Å². The third kappa shape index (κ3) is 1.93. The summed E-state index contributed by atoms with van der Waals surface area (Å²) in [5, 5.41) is 5.18. The normalized spacial score (nSPS) is 12.0. The largest absolute Gasteiger partial charge is 0.207 e. The van der Waals surface area contributed by atoms with Crippen molar-refractivity contribution in [2.75, 3.05) is 0 Å². The number of fused-ring (bicyclic) bond motifs is 5. The fraction of sp³-hybridized carbons (Fsp3) is 0. The van der Waals surface area contributed by atoms with Gasteiger partial charge in [0.2, 0.25) is 0 Å². The zero-order valence-corrected chi connectivity index (χ0v) is 13.1. The molecule has 116 valence electrons. The molecule has 4 heteroatoms. The van der Waals surface area contributed by atoms with Gasteiger partial charge in [0, 0.05) is 20.2 Å². The Morgan fingerprint density at radius 1 is 0.542 bits per heavy atom. The molecule has 0 N–H and O–H groups in total. The molecule has 5 rings (SSSR count). The van der Waals surface area contributed by atoms with Crippen molar-refractivity contribution in [3.63, 3.8) is 0 Å². The molecule has 0 aliphatic heterocycles. The molecule has 0 unspecified atom stereocenters. The van der Waals surface area contributed by atoms with Gasteiger partial charge in [0.25, 0.3) is 0 Å². The highest BCUT2D eigenvalue weighted by Crippen LogP contribution is 2.38. The Morgan fingerprint density at radius 3 is 1.75 bits per heavy atom. The lowest BCUT2D eigenvalue weighted by Gasteiger charge is -2.01. The average molecular weight is 338 g/mol. The summed E-state index contributed by atoms with van der Waals surface area (Å²) in [6.45, 7) is 0. The monoisotopic (exact) mass is 338 g/mol. The lowest BCUT2D eigenvalue weighted by atomic mass is 10.0. The van der Waals surface area contributed by atoms with Crippen molar-refractivity contribution in [3.8, 4) is 0 Å². The van der Waals surface area contributed by atoms with Crippen LogP contribution in [0.3, 0.4) is 0 Å². The van der Waals surface area contributed by atoms with Gasteiger partial charge in [-0.15, -0.1) is 11.3 Å². The Balaban J connectivity index is 1.93. The van der Waals surface area contributed by atoms with Crippen LogP contribution in [0.15, 0.2) is 54.6 Å². The molecule has 0 nitrogen and oxygen atoms in total. The summed E-state index contributed by atoms with van der Waals surface area (Å²) in [6, 6.07) is 14.9. The number of thiophene rings is 1. The van der Waals surface area contributed by atoms with E-state index >= 15 is 0 Å². The van der Waals surface area contributed by atoms with Crippen LogP contribution in [-0.2, 0) is 0 Å². The van der Waals surface area contributed by atoms with E-state index in [1.165, 1.54) is 24.3 Å². The number of benzene rings is 4. The second kappa shape index (κ2) is 4.71. The summed E-state index contributed by atoms with van der Waals surface area (Å²) >= 11 is 1.57. The van der Waals surface area contributed by atoms with E-state index in [-0.39, 0.29) is 5.82 Å². The minimum atomic E-state index is -0.845. The first-order valence-electron chi connectivity index (χ1n) is 7.43. The summed E-state index contributed by atoms with van der Waals surface area (Å²) in [5.41, 5.74) is 0. The zero-order valence-electron chi connectivity index (χ0n) is 12.2. The van der Waals surface area contributed by atoms with Crippen LogP contribution in [0.5, 0.6) is 0 Å². The second-order valence-corrected chi connectivity index (χ2v) is 6.99. The highest BCUT2D eigenvalue weighted by atomic mass is 32.1. The van der Waals surface area contributed by atoms with Crippen LogP contribution in [0.2, 0.25) is 0 Å². The molecule has 0 spiro atoms. The fourth-order valence-electron chi connectivity index (χ4n) is 3.23. The van der Waals surface area contributed by atoms with Crippen molar-refractivity contribution in [3.05, 3.63) is 72.0 Å². The Bertz CT molecular complexity index is 1280. The smallest absolute Gasteiger partial charge is 0.159 e. The average Bonchev–Trinajstić information content (AvgIpc) is 2.88. The van der Waals surface area contributed by atoms with E-state index in [4.69, 9.17) is 0 Å². The van der Waals surface area contributed by atoms with Crippen molar-refractivity contribution in [2.24, 2.45) is 0 Å². The Labute approximate surface area is 138 Å². The van der Waals surface area contributed by atoms with E-state index in [1.807, 2.05) is 24.3 Å². The van der Waals surface area contributed by atoms with E-state index in [0.29, 0.717) is 10.8 Å². The standard InChI is InChI=1S/C20H9F3S/c21-14-2-1-10-4-15-16-5-12-6-17(22)18(23)7-13(12)9-20(16)24-19(15)8-11(10)3-14/h1-9H. The number of halogens is 3. The molecule has 0 fully saturated rings. The molecule has 5 aromatic rings. The van der Waals surface area contributed by atoms with Crippen LogP contribution in [0.4, 0.5) is 13.2 Å². The molecule has 0 atom stereocenters. The minimum Gasteiger partial charge on any atom is -0.207 e. The molecule has 1 aromatic heterocycles. The Hall–Kier alpha value is -2.59. The molecule has 24 heavy (non-hydrogen) atoms. The van der Waals surface area contributed by atoms with Gasteiger partial charge in [0.05, 0.1) is 0 Å². The first kappa shape index (κ1) is 13.8.